The molecule has 5 heteroatoms. The van der Waals surface area contributed by atoms with E-state index < -0.39 is 0 Å². The second-order valence-electron chi connectivity index (χ2n) is 4.00. The van der Waals surface area contributed by atoms with Crippen LogP contribution in [0, 0.1) is 0 Å². The summed E-state index contributed by atoms with van der Waals surface area (Å²) >= 11 is 0. The molecule has 1 amide bonds. The predicted molar refractivity (Wildman–Crippen MR) is 60.8 cm³/mol. The maximum absolute atomic E-state index is 12.1. The van der Waals surface area contributed by atoms with Crippen LogP contribution in [0.2, 0.25) is 0 Å². The van der Waals surface area contributed by atoms with Crippen molar-refractivity contribution in [3.8, 4) is 0 Å². The molecule has 1 aromatic heterocycles. The van der Waals surface area contributed by atoms with Crippen LogP contribution in [0.1, 0.15) is 36.2 Å². The predicted octanol–water partition coefficient (Wildman–Crippen LogP) is 1.07. The first-order chi connectivity index (χ1) is 7.79. The number of nitrogens with two attached hydrogens (primary N) is 1. The highest BCUT2D eigenvalue weighted by molar-refractivity contribution is 5.96. The number of hydrogen-bond donors (Lipinski definition) is 1. The van der Waals surface area contributed by atoms with Crippen molar-refractivity contribution < 1.29 is 4.79 Å². The first-order valence-corrected chi connectivity index (χ1v) is 5.65. The Balaban J connectivity index is 2.14. The molecule has 0 saturated carbocycles. The fourth-order valence-electron chi connectivity index (χ4n) is 1.94. The van der Waals surface area contributed by atoms with E-state index in [0.717, 1.165) is 25.9 Å². The van der Waals surface area contributed by atoms with Crippen LogP contribution in [-0.2, 0) is 0 Å². The molecule has 5 nitrogen and oxygen atoms in total. The Kier molecular flexibility index (Phi) is 3.34. The van der Waals surface area contributed by atoms with Crippen LogP contribution in [0.3, 0.4) is 0 Å². The van der Waals surface area contributed by atoms with Crippen LogP contribution < -0.4 is 5.73 Å². The Hall–Kier alpha value is -1.65. The van der Waals surface area contributed by atoms with Crippen LogP contribution >= 0.6 is 0 Å². The monoisotopic (exact) mass is 220 g/mol. The van der Waals surface area contributed by atoms with E-state index in [-0.39, 0.29) is 17.4 Å². The number of likely N-dealkylation sites (tertiary alicyclic amines) is 1. The van der Waals surface area contributed by atoms with Gasteiger partial charge < -0.3 is 10.6 Å². The molecule has 0 bridgehead atoms. The summed E-state index contributed by atoms with van der Waals surface area (Å²) in [5.41, 5.74) is 5.93. The van der Waals surface area contributed by atoms with Gasteiger partial charge in [0, 0.05) is 25.5 Å². The lowest BCUT2D eigenvalue weighted by molar-refractivity contribution is 0.0756. The minimum Gasteiger partial charge on any atom is -0.382 e. The van der Waals surface area contributed by atoms with Crippen LogP contribution in [0.25, 0.3) is 0 Å². The zero-order valence-corrected chi connectivity index (χ0v) is 9.22. The smallest absolute Gasteiger partial charge is 0.276 e. The van der Waals surface area contributed by atoms with Crippen LogP contribution in [0.15, 0.2) is 12.4 Å². The fraction of sp³-hybridized carbons (Fsp3) is 0.545. The number of carbonyl (C=O) groups is 1. The molecule has 2 N–H and O–H groups in total. The molecule has 0 unspecified atom stereocenters. The molecule has 0 aromatic carbocycles. The maximum Gasteiger partial charge on any atom is 0.276 e. The van der Waals surface area contributed by atoms with E-state index in [1.54, 1.807) is 0 Å². The summed E-state index contributed by atoms with van der Waals surface area (Å²) in [4.78, 5) is 21.8. The maximum atomic E-state index is 12.1. The van der Waals surface area contributed by atoms with Gasteiger partial charge in [-0.3, -0.25) is 4.79 Å². The third-order valence-electron chi connectivity index (χ3n) is 2.82. The summed E-state index contributed by atoms with van der Waals surface area (Å²) in [6.07, 6.45) is 7.51. The molecule has 2 rings (SSSR count). The molecule has 0 aliphatic carbocycles. The van der Waals surface area contributed by atoms with Crippen molar-refractivity contribution >= 4 is 11.7 Å². The number of amides is 1. The Morgan fingerprint density at radius 3 is 2.38 bits per heavy atom. The van der Waals surface area contributed by atoms with Crippen LogP contribution in [-0.4, -0.2) is 33.9 Å². The van der Waals surface area contributed by atoms with E-state index in [4.69, 9.17) is 5.73 Å². The van der Waals surface area contributed by atoms with Gasteiger partial charge in [0.05, 0.1) is 0 Å². The fourth-order valence-corrected chi connectivity index (χ4v) is 1.94. The SMILES string of the molecule is Nc1nccnc1C(=O)N1CCCCCC1. The van der Waals surface area contributed by atoms with Gasteiger partial charge in [-0.1, -0.05) is 12.8 Å². The van der Waals surface area contributed by atoms with Crippen LogP contribution in [0.4, 0.5) is 5.82 Å². The Labute approximate surface area is 94.7 Å². The van der Waals surface area contributed by atoms with Gasteiger partial charge in [0.15, 0.2) is 11.5 Å². The largest absolute Gasteiger partial charge is 0.382 e. The van der Waals surface area contributed by atoms with E-state index in [9.17, 15) is 4.79 Å². The number of anilines is 1. The molecule has 1 saturated heterocycles. The zero-order valence-electron chi connectivity index (χ0n) is 9.22. The summed E-state index contributed by atoms with van der Waals surface area (Å²) in [6, 6.07) is 0. The van der Waals surface area contributed by atoms with Crippen molar-refractivity contribution in [1.82, 2.24) is 14.9 Å². The summed E-state index contributed by atoms with van der Waals surface area (Å²) in [5.74, 6) is 0.129. The highest BCUT2D eigenvalue weighted by Gasteiger charge is 2.20. The lowest BCUT2D eigenvalue weighted by Crippen LogP contribution is -2.33. The minimum atomic E-state index is -0.0903. The number of nitrogen functional groups attached to an aromatic ring is 1. The first kappa shape index (κ1) is 10.9. The second-order valence-corrected chi connectivity index (χ2v) is 4.00. The topological polar surface area (TPSA) is 72.1 Å². The number of nitrogens with zero attached hydrogens (tertiary/aromatic N) is 3. The van der Waals surface area contributed by atoms with Crippen molar-refractivity contribution in [2.75, 3.05) is 18.8 Å². The highest BCUT2D eigenvalue weighted by Crippen LogP contribution is 2.14. The standard InChI is InChI=1S/C11H16N4O/c12-10-9(13-5-6-14-10)11(16)15-7-3-1-2-4-8-15/h5-6H,1-4,7-8H2,(H2,12,14). The second kappa shape index (κ2) is 4.92. The summed E-state index contributed by atoms with van der Waals surface area (Å²) in [5, 5.41) is 0. The van der Waals surface area contributed by atoms with Gasteiger partial charge in [-0.25, -0.2) is 9.97 Å². The molecule has 2 heterocycles. The normalized spacial score (nSPS) is 16.9. The third-order valence-corrected chi connectivity index (χ3v) is 2.82. The molecule has 0 radical (unpaired) electrons. The lowest BCUT2D eigenvalue weighted by Gasteiger charge is -2.19. The average molecular weight is 220 g/mol. The zero-order chi connectivity index (χ0) is 11.4. The van der Waals surface area contributed by atoms with Crippen molar-refractivity contribution in [2.45, 2.75) is 25.7 Å². The molecule has 1 aromatic rings. The third kappa shape index (κ3) is 2.29. The van der Waals surface area contributed by atoms with E-state index in [1.165, 1.54) is 25.2 Å². The molecular weight excluding hydrogens is 204 g/mol. The molecule has 0 atom stereocenters. The summed E-state index contributed by atoms with van der Waals surface area (Å²) < 4.78 is 0. The van der Waals surface area contributed by atoms with E-state index in [2.05, 4.69) is 9.97 Å². The number of rotatable bonds is 1. The van der Waals surface area contributed by atoms with E-state index in [1.807, 2.05) is 4.90 Å². The van der Waals surface area contributed by atoms with Crippen molar-refractivity contribution in [2.24, 2.45) is 0 Å². The van der Waals surface area contributed by atoms with Gasteiger partial charge in [0.25, 0.3) is 5.91 Å². The van der Waals surface area contributed by atoms with Gasteiger partial charge in [-0.05, 0) is 12.8 Å². The number of aromatic nitrogens is 2. The molecule has 86 valence electrons. The number of hydrogen-bond acceptors (Lipinski definition) is 4. The highest BCUT2D eigenvalue weighted by atomic mass is 16.2. The quantitative estimate of drug-likeness (QED) is 0.768. The molecule has 1 fully saturated rings. The van der Waals surface area contributed by atoms with E-state index in [0.29, 0.717) is 0 Å². The summed E-state index contributed by atoms with van der Waals surface area (Å²) in [7, 11) is 0. The number of carbonyl (C=O) groups excluding carboxylic acids is 1. The van der Waals surface area contributed by atoms with Gasteiger partial charge in [-0.15, -0.1) is 0 Å². The van der Waals surface area contributed by atoms with Gasteiger partial charge in [0.1, 0.15) is 0 Å². The summed E-state index contributed by atoms with van der Waals surface area (Å²) in [6.45, 7) is 1.60. The first-order valence-electron chi connectivity index (χ1n) is 5.65. The minimum absolute atomic E-state index is 0.0903. The Morgan fingerprint density at radius 2 is 1.75 bits per heavy atom. The van der Waals surface area contributed by atoms with E-state index >= 15 is 0 Å². The molecule has 1 aliphatic heterocycles. The van der Waals surface area contributed by atoms with Crippen molar-refractivity contribution in [1.29, 1.82) is 0 Å². The molecular formula is C11H16N4O. The average Bonchev–Trinajstić information content (AvgIpc) is 2.57. The van der Waals surface area contributed by atoms with Gasteiger partial charge >= 0.3 is 0 Å². The Bertz CT molecular complexity index is 372. The van der Waals surface area contributed by atoms with Crippen molar-refractivity contribution in [3.05, 3.63) is 18.1 Å². The van der Waals surface area contributed by atoms with Crippen molar-refractivity contribution in [3.63, 3.8) is 0 Å². The lowest BCUT2D eigenvalue weighted by atomic mass is 10.2. The Morgan fingerprint density at radius 1 is 1.12 bits per heavy atom. The molecule has 1 aliphatic rings. The van der Waals surface area contributed by atoms with Crippen LogP contribution in [0.5, 0.6) is 0 Å². The molecule has 16 heavy (non-hydrogen) atoms. The molecule has 0 spiro atoms. The van der Waals surface area contributed by atoms with Gasteiger partial charge in [0.2, 0.25) is 0 Å². The van der Waals surface area contributed by atoms with Gasteiger partial charge in [-0.2, -0.15) is 0 Å².